The van der Waals surface area contributed by atoms with Gasteiger partial charge in [-0.1, -0.05) is 78.6 Å². The molecule has 21 heavy (non-hydrogen) atoms. The van der Waals surface area contributed by atoms with E-state index in [1.807, 2.05) is 0 Å². The summed E-state index contributed by atoms with van der Waals surface area (Å²) in [7, 11) is 0. The van der Waals surface area contributed by atoms with E-state index >= 15 is 0 Å². The predicted molar refractivity (Wildman–Crippen MR) is 95.8 cm³/mol. The van der Waals surface area contributed by atoms with Gasteiger partial charge in [-0.15, -0.1) is 0 Å². The van der Waals surface area contributed by atoms with Gasteiger partial charge in [-0.3, -0.25) is 0 Å². The Morgan fingerprint density at radius 1 is 1.00 bits per heavy atom. The van der Waals surface area contributed by atoms with Gasteiger partial charge in [0, 0.05) is 0 Å². The van der Waals surface area contributed by atoms with E-state index < -0.39 is 0 Å². The van der Waals surface area contributed by atoms with Gasteiger partial charge in [-0.05, 0) is 54.1 Å². The van der Waals surface area contributed by atoms with Gasteiger partial charge >= 0.3 is 0 Å². The molecular weight excluding hydrogens is 252 g/mol. The molecule has 0 amide bonds. The molecule has 0 N–H and O–H groups in total. The fraction of sp³-hybridized carbons (Fsp3) is 0.714. The number of hydrogen-bond donors (Lipinski definition) is 0. The molecule has 0 aromatic heterocycles. The van der Waals surface area contributed by atoms with Crippen LogP contribution in [0.4, 0.5) is 0 Å². The molecule has 0 bridgehead atoms. The molecule has 0 aliphatic rings. The van der Waals surface area contributed by atoms with Crippen molar-refractivity contribution in [1.82, 2.24) is 0 Å². The van der Waals surface area contributed by atoms with Gasteiger partial charge in [0.05, 0.1) is 0 Å². The van der Waals surface area contributed by atoms with Gasteiger partial charge in [0.2, 0.25) is 0 Å². The van der Waals surface area contributed by atoms with Gasteiger partial charge in [0.1, 0.15) is 0 Å². The summed E-state index contributed by atoms with van der Waals surface area (Å²) in [6, 6.07) is 8.89. The zero-order chi connectivity index (χ0) is 16.1. The van der Waals surface area contributed by atoms with E-state index in [1.54, 1.807) is 0 Å². The van der Waals surface area contributed by atoms with Crippen LogP contribution in [-0.2, 0) is 6.42 Å². The molecule has 0 saturated carbocycles. The normalized spacial score (nSPS) is 15.2. The summed E-state index contributed by atoms with van der Waals surface area (Å²) < 4.78 is 0. The summed E-state index contributed by atoms with van der Waals surface area (Å²) in [4.78, 5) is 0. The molecule has 0 heteroatoms. The van der Waals surface area contributed by atoms with E-state index in [9.17, 15) is 0 Å². The molecule has 1 aromatic carbocycles. The minimum absolute atomic E-state index is 0.360. The lowest BCUT2D eigenvalue weighted by Crippen LogP contribution is -2.41. The Morgan fingerprint density at radius 3 is 2.10 bits per heavy atom. The molecule has 0 heterocycles. The lowest BCUT2D eigenvalue weighted by atomic mass is 9.56. The summed E-state index contributed by atoms with van der Waals surface area (Å²) in [5, 5.41) is 0. The zero-order valence-electron chi connectivity index (χ0n) is 15.4. The molecule has 1 unspecified atom stereocenters. The molecule has 0 saturated heterocycles. The SMILES string of the molecule is CCCCC(CCc1ccccc1C)(C(C)C)C(C)(C)C. The average molecular weight is 289 g/mol. The van der Waals surface area contributed by atoms with Crippen LogP contribution in [0.5, 0.6) is 0 Å². The van der Waals surface area contributed by atoms with Crippen molar-refractivity contribution in [3.63, 3.8) is 0 Å². The molecule has 0 aliphatic carbocycles. The first kappa shape index (κ1) is 18.3. The summed E-state index contributed by atoms with van der Waals surface area (Å²) in [5.74, 6) is 0.730. The third-order valence-electron chi connectivity index (χ3n) is 5.68. The Hall–Kier alpha value is -0.780. The van der Waals surface area contributed by atoms with Crippen molar-refractivity contribution >= 4 is 0 Å². The van der Waals surface area contributed by atoms with Crippen molar-refractivity contribution < 1.29 is 0 Å². The van der Waals surface area contributed by atoms with Crippen LogP contribution in [0.3, 0.4) is 0 Å². The summed E-state index contributed by atoms with van der Waals surface area (Å²) in [6.45, 7) is 16.8. The largest absolute Gasteiger partial charge is 0.0654 e. The van der Waals surface area contributed by atoms with Crippen molar-refractivity contribution in [3.05, 3.63) is 35.4 Å². The molecule has 1 atom stereocenters. The zero-order valence-corrected chi connectivity index (χ0v) is 15.4. The van der Waals surface area contributed by atoms with Crippen LogP contribution in [0.2, 0.25) is 0 Å². The van der Waals surface area contributed by atoms with Crippen LogP contribution in [0.15, 0.2) is 24.3 Å². The van der Waals surface area contributed by atoms with Crippen molar-refractivity contribution in [2.24, 2.45) is 16.7 Å². The highest BCUT2D eigenvalue weighted by Crippen LogP contribution is 2.51. The lowest BCUT2D eigenvalue weighted by molar-refractivity contribution is 0.00899. The van der Waals surface area contributed by atoms with Crippen LogP contribution in [0.25, 0.3) is 0 Å². The highest BCUT2D eigenvalue weighted by atomic mass is 14.5. The maximum Gasteiger partial charge on any atom is -0.0223 e. The standard InChI is InChI=1S/C21H36/c1-8-9-15-21(17(2)3,20(5,6)7)16-14-19-13-11-10-12-18(19)4/h10-13,17H,8-9,14-16H2,1-7H3. The Kier molecular flexibility index (Phi) is 6.50. The Balaban J connectivity index is 2.99. The quantitative estimate of drug-likeness (QED) is 0.517. The van der Waals surface area contributed by atoms with Gasteiger partial charge in [-0.25, -0.2) is 0 Å². The molecule has 0 spiro atoms. The molecule has 0 nitrogen and oxygen atoms in total. The smallest absolute Gasteiger partial charge is 0.0223 e. The number of hydrogen-bond acceptors (Lipinski definition) is 0. The number of benzene rings is 1. The minimum Gasteiger partial charge on any atom is -0.0654 e. The molecule has 0 fully saturated rings. The second-order valence-electron chi connectivity index (χ2n) is 8.09. The Labute approximate surface area is 133 Å². The van der Waals surface area contributed by atoms with E-state index in [0.717, 1.165) is 5.92 Å². The van der Waals surface area contributed by atoms with E-state index in [0.29, 0.717) is 10.8 Å². The van der Waals surface area contributed by atoms with E-state index in [1.165, 1.54) is 43.2 Å². The van der Waals surface area contributed by atoms with Crippen LogP contribution >= 0.6 is 0 Å². The topological polar surface area (TPSA) is 0 Å². The molecule has 0 radical (unpaired) electrons. The van der Waals surface area contributed by atoms with Crippen LogP contribution in [0.1, 0.15) is 78.4 Å². The molecule has 1 rings (SSSR count). The predicted octanol–water partition coefficient (Wildman–Crippen LogP) is 6.81. The average Bonchev–Trinajstić information content (AvgIpc) is 2.39. The van der Waals surface area contributed by atoms with Gasteiger partial charge < -0.3 is 0 Å². The number of rotatable bonds is 7. The lowest BCUT2D eigenvalue weighted by Gasteiger charge is -2.49. The van der Waals surface area contributed by atoms with Crippen LogP contribution in [-0.4, -0.2) is 0 Å². The molecule has 0 aliphatic heterocycles. The first-order valence-electron chi connectivity index (χ1n) is 8.79. The van der Waals surface area contributed by atoms with Crippen molar-refractivity contribution in [3.8, 4) is 0 Å². The first-order valence-corrected chi connectivity index (χ1v) is 8.79. The third kappa shape index (κ3) is 4.34. The number of unbranched alkanes of at least 4 members (excludes halogenated alkanes) is 1. The van der Waals surface area contributed by atoms with Crippen LogP contribution in [0, 0.1) is 23.7 Å². The van der Waals surface area contributed by atoms with Crippen molar-refractivity contribution in [1.29, 1.82) is 0 Å². The second kappa shape index (κ2) is 7.47. The summed E-state index contributed by atoms with van der Waals surface area (Å²) in [6.07, 6.45) is 6.53. The monoisotopic (exact) mass is 288 g/mol. The van der Waals surface area contributed by atoms with E-state index in [4.69, 9.17) is 0 Å². The van der Waals surface area contributed by atoms with Gasteiger partial charge in [0.25, 0.3) is 0 Å². The third-order valence-corrected chi connectivity index (χ3v) is 5.68. The molecule has 120 valence electrons. The second-order valence-corrected chi connectivity index (χ2v) is 8.09. The van der Waals surface area contributed by atoms with Crippen LogP contribution < -0.4 is 0 Å². The van der Waals surface area contributed by atoms with Crippen molar-refractivity contribution in [2.75, 3.05) is 0 Å². The summed E-state index contributed by atoms with van der Waals surface area (Å²) in [5.41, 5.74) is 3.77. The minimum atomic E-state index is 0.360. The van der Waals surface area contributed by atoms with Gasteiger partial charge in [-0.2, -0.15) is 0 Å². The molecule has 1 aromatic rings. The Morgan fingerprint density at radius 2 is 1.62 bits per heavy atom. The maximum absolute atomic E-state index is 2.44. The fourth-order valence-corrected chi connectivity index (χ4v) is 4.06. The fourth-order valence-electron chi connectivity index (χ4n) is 4.06. The maximum atomic E-state index is 2.44. The highest BCUT2D eigenvalue weighted by Gasteiger charge is 2.43. The molecular formula is C21H36. The van der Waals surface area contributed by atoms with Gasteiger partial charge in [0.15, 0.2) is 0 Å². The van der Waals surface area contributed by atoms with E-state index in [-0.39, 0.29) is 0 Å². The highest BCUT2D eigenvalue weighted by molar-refractivity contribution is 5.25. The van der Waals surface area contributed by atoms with Crippen molar-refractivity contribution in [2.45, 2.75) is 80.6 Å². The van der Waals surface area contributed by atoms with E-state index in [2.05, 4.69) is 72.7 Å². The number of aryl methyl sites for hydroxylation is 2. The summed E-state index contributed by atoms with van der Waals surface area (Å²) >= 11 is 0. The first-order chi connectivity index (χ1) is 9.74. The Bertz CT molecular complexity index is 422.